The molecule has 3 N–H and O–H groups in total. The van der Waals surface area contributed by atoms with Crippen molar-refractivity contribution in [2.45, 2.75) is 25.7 Å². The Labute approximate surface area is 138 Å². The molecule has 0 bridgehead atoms. The summed E-state index contributed by atoms with van der Waals surface area (Å²) >= 11 is 0. The van der Waals surface area contributed by atoms with E-state index in [1.165, 1.54) is 6.07 Å². The quantitative estimate of drug-likeness (QED) is 0.713. The van der Waals surface area contributed by atoms with E-state index in [4.69, 9.17) is 9.47 Å². The van der Waals surface area contributed by atoms with Gasteiger partial charge >= 0.3 is 5.97 Å². The first-order valence-electron chi connectivity index (χ1n) is 7.79. The Kier molecular flexibility index (Phi) is 4.54. The van der Waals surface area contributed by atoms with Crippen molar-refractivity contribution < 1.29 is 29.0 Å². The largest absolute Gasteiger partial charge is 0.481 e. The fraction of sp³-hybridized carbons (Fsp3) is 0.438. The highest BCUT2D eigenvalue weighted by molar-refractivity contribution is 5.96. The molecule has 1 aromatic carbocycles. The number of hydrazine groups is 1. The third-order valence-corrected chi connectivity index (χ3v) is 4.35. The highest BCUT2D eigenvalue weighted by Crippen LogP contribution is 2.32. The standard InChI is InChI=1S/C16H18N2O6/c19-14(9-5-6-12-13(7-9)24-8-23-12)17-18-15(20)10-3-1-2-4-11(10)16(21)22/h5-7,10-11H,1-4,8H2,(H,17,19)(H,18,20)(H,21,22). The molecule has 1 aliphatic heterocycles. The van der Waals surface area contributed by atoms with Crippen LogP contribution < -0.4 is 20.3 Å². The van der Waals surface area contributed by atoms with Crippen LogP contribution in [0.4, 0.5) is 0 Å². The van der Waals surface area contributed by atoms with E-state index >= 15 is 0 Å². The van der Waals surface area contributed by atoms with E-state index in [9.17, 15) is 19.5 Å². The molecule has 1 aliphatic carbocycles. The lowest BCUT2D eigenvalue weighted by Gasteiger charge is -2.27. The van der Waals surface area contributed by atoms with Crippen molar-refractivity contribution in [2.75, 3.05) is 6.79 Å². The zero-order valence-corrected chi connectivity index (χ0v) is 12.9. The van der Waals surface area contributed by atoms with Gasteiger partial charge < -0.3 is 14.6 Å². The lowest BCUT2D eigenvalue weighted by molar-refractivity contribution is -0.149. The van der Waals surface area contributed by atoms with Crippen LogP contribution in [0.2, 0.25) is 0 Å². The number of carboxylic acids is 1. The monoisotopic (exact) mass is 334 g/mol. The number of ether oxygens (including phenoxy) is 2. The minimum Gasteiger partial charge on any atom is -0.481 e. The van der Waals surface area contributed by atoms with Gasteiger partial charge in [-0.25, -0.2) is 0 Å². The van der Waals surface area contributed by atoms with E-state index in [2.05, 4.69) is 10.9 Å². The molecule has 0 spiro atoms. The van der Waals surface area contributed by atoms with Crippen LogP contribution >= 0.6 is 0 Å². The predicted molar refractivity (Wildman–Crippen MR) is 81.3 cm³/mol. The summed E-state index contributed by atoms with van der Waals surface area (Å²) in [7, 11) is 0. The highest BCUT2D eigenvalue weighted by atomic mass is 16.7. The van der Waals surface area contributed by atoms with Gasteiger partial charge in [0.15, 0.2) is 11.5 Å². The topological polar surface area (TPSA) is 114 Å². The maximum absolute atomic E-state index is 12.2. The van der Waals surface area contributed by atoms with Crippen LogP contribution in [0.25, 0.3) is 0 Å². The number of carbonyl (C=O) groups excluding carboxylic acids is 2. The van der Waals surface area contributed by atoms with Crippen LogP contribution in [-0.2, 0) is 9.59 Å². The van der Waals surface area contributed by atoms with Crippen molar-refractivity contribution >= 4 is 17.8 Å². The second-order valence-electron chi connectivity index (χ2n) is 5.85. The van der Waals surface area contributed by atoms with Gasteiger partial charge in [-0.15, -0.1) is 0 Å². The van der Waals surface area contributed by atoms with E-state index in [0.717, 1.165) is 12.8 Å². The predicted octanol–water partition coefficient (Wildman–Crippen LogP) is 1.07. The Hall–Kier alpha value is -2.77. The molecule has 0 saturated heterocycles. The van der Waals surface area contributed by atoms with Gasteiger partial charge in [0.05, 0.1) is 11.8 Å². The molecular weight excluding hydrogens is 316 g/mol. The molecule has 3 rings (SSSR count). The van der Waals surface area contributed by atoms with Crippen molar-refractivity contribution in [3.63, 3.8) is 0 Å². The number of benzene rings is 1. The summed E-state index contributed by atoms with van der Waals surface area (Å²) in [5.41, 5.74) is 4.95. The lowest BCUT2D eigenvalue weighted by Crippen LogP contribution is -2.47. The van der Waals surface area contributed by atoms with Gasteiger partial charge in [0, 0.05) is 5.56 Å². The smallest absolute Gasteiger partial charge is 0.307 e. The maximum atomic E-state index is 12.2. The van der Waals surface area contributed by atoms with Gasteiger partial charge in [0.25, 0.3) is 5.91 Å². The van der Waals surface area contributed by atoms with E-state index in [-0.39, 0.29) is 6.79 Å². The third-order valence-electron chi connectivity index (χ3n) is 4.35. The van der Waals surface area contributed by atoms with Crippen molar-refractivity contribution in [2.24, 2.45) is 11.8 Å². The number of hydrogen-bond acceptors (Lipinski definition) is 5. The van der Waals surface area contributed by atoms with E-state index < -0.39 is 29.6 Å². The summed E-state index contributed by atoms with van der Waals surface area (Å²) in [6.45, 7) is 0.107. The van der Waals surface area contributed by atoms with Crippen LogP contribution in [-0.4, -0.2) is 29.7 Å². The molecule has 2 atom stereocenters. The Balaban J connectivity index is 1.59. The molecule has 8 nitrogen and oxygen atoms in total. The molecular formula is C16H18N2O6. The summed E-state index contributed by atoms with van der Waals surface area (Å²) < 4.78 is 10.4. The summed E-state index contributed by atoms with van der Waals surface area (Å²) in [6, 6.07) is 4.68. The van der Waals surface area contributed by atoms with Gasteiger partial charge in [-0.05, 0) is 31.0 Å². The average molecular weight is 334 g/mol. The third kappa shape index (κ3) is 3.27. The van der Waals surface area contributed by atoms with Crippen molar-refractivity contribution in [1.29, 1.82) is 0 Å². The first kappa shape index (κ1) is 16.1. The lowest BCUT2D eigenvalue weighted by atomic mass is 9.79. The minimum absolute atomic E-state index is 0.107. The normalized spacial score (nSPS) is 21.8. The zero-order valence-electron chi connectivity index (χ0n) is 12.9. The number of fused-ring (bicyclic) bond motifs is 1. The molecule has 1 heterocycles. The first-order chi connectivity index (χ1) is 11.6. The van der Waals surface area contributed by atoms with Crippen molar-refractivity contribution in [3.8, 4) is 11.5 Å². The molecule has 8 heteroatoms. The summed E-state index contributed by atoms with van der Waals surface area (Å²) in [5.74, 6) is -2.28. The fourth-order valence-corrected chi connectivity index (χ4v) is 3.06. The molecule has 1 fully saturated rings. The van der Waals surface area contributed by atoms with E-state index in [1.54, 1.807) is 12.1 Å². The van der Waals surface area contributed by atoms with Gasteiger partial charge in [-0.1, -0.05) is 12.8 Å². The van der Waals surface area contributed by atoms with Gasteiger partial charge in [-0.3, -0.25) is 25.2 Å². The number of carboxylic acid groups (broad SMARTS) is 1. The second kappa shape index (κ2) is 6.77. The zero-order chi connectivity index (χ0) is 17.1. The molecule has 2 aliphatic rings. The summed E-state index contributed by atoms with van der Waals surface area (Å²) in [4.78, 5) is 35.6. The molecule has 24 heavy (non-hydrogen) atoms. The Morgan fingerprint density at radius 3 is 2.46 bits per heavy atom. The molecule has 0 radical (unpaired) electrons. The van der Waals surface area contributed by atoms with Crippen LogP contribution in [0, 0.1) is 11.8 Å². The number of nitrogens with one attached hydrogen (secondary N) is 2. The van der Waals surface area contributed by atoms with Gasteiger partial charge in [0.2, 0.25) is 12.7 Å². The summed E-state index contributed by atoms with van der Waals surface area (Å²) in [6.07, 6.45) is 2.58. The van der Waals surface area contributed by atoms with Crippen LogP contribution in [0.5, 0.6) is 11.5 Å². The van der Waals surface area contributed by atoms with E-state index in [1.807, 2.05) is 0 Å². The van der Waals surface area contributed by atoms with Crippen LogP contribution in [0.15, 0.2) is 18.2 Å². The van der Waals surface area contributed by atoms with Crippen molar-refractivity contribution in [1.82, 2.24) is 10.9 Å². The Morgan fingerprint density at radius 1 is 1.00 bits per heavy atom. The number of rotatable bonds is 3. The van der Waals surface area contributed by atoms with Crippen LogP contribution in [0.3, 0.4) is 0 Å². The fourth-order valence-electron chi connectivity index (χ4n) is 3.06. The van der Waals surface area contributed by atoms with Gasteiger partial charge in [0.1, 0.15) is 0 Å². The molecule has 1 saturated carbocycles. The van der Waals surface area contributed by atoms with E-state index in [0.29, 0.717) is 29.9 Å². The Morgan fingerprint density at radius 2 is 1.71 bits per heavy atom. The van der Waals surface area contributed by atoms with Crippen LogP contribution in [0.1, 0.15) is 36.0 Å². The number of carbonyl (C=O) groups is 3. The minimum atomic E-state index is -0.975. The molecule has 2 amide bonds. The molecule has 2 unspecified atom stereocenters. The summed E-state index contributed by atoms with van der Waals surface area (Å²) in [5, 5.41) is 9.21. The molecule has 0 aromatic heterocycles. The van der Waals surface area contributed by atoms with Gasteiger partial charge in [-0.2, -0.15) is 0 Å². The first-order valence-corrected chi connectivity index (χ1v) is 7.79. The highest BCUT2D eigenvalue weighted by Gasteiger charge is 2.35. The second-order valence-corrected chi connectivity index (χ2v) is 5.85. The number of hydrogen-bond donors (Lipinski definition) is 3. The average Bonchev–Trinajstić information content (AvgIpc) is 3.06. The maximum Gasteiger partial charge on any atom is 0.307 e. The molecule has 128 valence electrons. The number of aliphatic carboxylic acids is 1. The Bertz CT molecular complexity index is 675. The van der Waals surface area contributed by atoms with Crippen molar-refractivity contribution in [3.05, 3.63) is 23.8 Å². The number of amides is 2. The molecule has 1 aromatic rings. The SMILES string of the molecule is O=C(NNC(=O)C1CCCCC1C(=O)O)c1ccc2c(c1)OCO2.